The van der Waals surface area contributed by atoms with Crippen LogP contribution in [0.4, 0.5) is 15.3 Å². The fraction of sp³-hybridized carbons (Fsp3) is 0.222. The zero-order valence-electron chi connectivity index (χ0n) is 15.7. The predicted octanol–water partition coefficient (Wildman–Crippen LogP) is 1.45. The van der Waals surface area contributed by atoms with Gasteiger partial charge in [-0.1, -0.05) is 18.2 Å². The molecule has 12 heteroatoms. The van der Waals surface area contributed by atoms with Gasteiger partial charge in [-0.3, -0.25) is 29.9 Å². The van der Waals surface area contributed by atoms with E-state index >= 15 is 0 Å². The van der Waals surface area contributed by atoms with Crippen LogP contribution in [0.1, 0.15) is 17.4 Å². The summed E-state index contributed by atoms with van der Waals surface area (Å²) in [5.41, 5.74) is -1.62. The molecule has 2 heterocycles. The van der Waals surface area contributed by atoms with Gasteiger partial charge in [-0.25, -0.2) is 9.59 Å². The number of rotatable bonds is 6. The maximum absolute atomic E-state index is 12.8. The fourth-order valence-corrected chi connectivity index (χ4v) is 3.55. The summed E-state index contributed by atoms with van der Waals surface area (Å²) in [6.45, 7) is 0.935. The number of nitro benzene ring substituents is 1. The molecule has 1 atom stereocenters. The van der Waals surface area contributed by atoms with Crippen molar-refractivity contribution < 1.29 is 24.1 Å². The second kappa shape index (κ2) is 8.29. The quantitative estimate of drug-likeness (QED) is 0.358. The van der Waals surface area contributed by atoms with Crippen LogP contribution in [0.3, 0.4) is 0 Å². The zero-order valence-corrected chi connectivity index (χ0v) is 16.5. The van der Waals surface area contributed by atoms with Gasteiger partial charge < -0.3 is 10.6 Å². The second-order valence-electron chi connectivity index (χ2n) is 6.56. The van der Waals surface area contributed by atoms with E-state index in [0.717, 1.165) is 4.88 Å². The SMILES string of the molecule is CC1(c2cccc([N+](=O)[O-])c2)NC(=O)N(CC(=O)NC(=O)NCc2cccs2)C1=O. The van der Waals surface area contributed by atoms with Crippen LogP contribution in [0.15, 0.2) is 41.8 Å². The first-order valence-corrected chi connectivity index (χ1v) is 9.58. The topological polar surface area (TPSA) is 151 Å². The van der Waals surface area contributed by atoms with Crippen LogP contribution in [-0.4, -0.2) is 40.2 Å². The van der Waals surface area contributed by atoms with Crippen LogP contribution in [-0.2, 0) is 21.7 Å². The molecule has 1 fully saturated rings. The number of benzene rings is 1. The van der Waals surface area contributed by atoms with Gasteiger partial charge >= 0.3 is 12.1 Å². The van der Waals surface area contributed by atoms with Crippen LogP contribution in [0.5, 0.6) is 0 Å². The number of non-ortho nitro benzene ring substituents is 1. The summed E-state index contributed by atoms with van der Waals surface area (Å²) >= 11 is 1.44. The number of nitrogens with one attached hydrogen (secondary N) is 3. The average molecular weight is 431 g/mol. The molecule has 1 aliphatic heterocycles. The van der Waals surface area contributed by atoms with Gasteiger partial charge in [0.25, 0.3) is 11.6 Å². The molecule has 1 saturated heterocycles. The Morgan fingerprint density at radius 2 is 2.03 bits per heavy atom. The first-order chi connectivity index (χ1) is 14.2. The second-order valence-corrected chi connectivity index (χ2v) is 7.60. The summed E-state index contributed by atoms with van der Waals surface area (Å²) in [6.07, 6.45) is 0. The van der Waals surface area contributed by atoms with Crippen molar-refractivity contribution in [3.63, 3.8) is 0 Å². The fourth-order valence-electron chi connectivity index (χ4n) is 2.90. The lowest BCUT2D eigenvalue weighted by atomic mass is 9.91. The third-order valence-electron chi connectivity index (χ3n) is 4.47. The van der Waals surface area contributed by atoms with Crippen molar-refractivity contribution in [2.45, 2.75) is 19.0 Å². The summed E-state index contributed by atoms with van der Waals surface area (Å²) in [7, 11) is 0. The number of hydrogen-bond donors (Lipinski definition) is 3. The number of thiophene rings is 1. The number of nitrogens with zero attached hydrogens (tertiary/aromatic N) is 2. The van der Waals surface area contributed by atoms with E-state index in [1.54, 1.807) is 0 Å². The molecule has 0 bridgehead atoms. The van der Waals surface area contributed by atoms with Crippen molar-refractivity contribution in [1.29, 1.82) is 0 Å². The molecule has 1 aromatic heterocycles. The Bertz CT molecular complexity index is 1020. The van der Waals surface area contributed by atoms with Gasteiger partial charge in [0.1, 0.15) is 12.1 Å². The first-order valence-electron chi connectivity index (χ1n) is 8.70. The first kappa shape index (κ1) is 20.9. The van der Waals surface area contributed by atoms with Crippen molar-refractivity contribution in [2.24, 2.45) is 0 Å². The number of carbonyl (C=O) groups is 4. The van der Waals surface area contributed by atoms with Crippen LogP contribution in [0.2, 0.25) is 0 Å². The standard InChI is InChI=1S/C18H17N5O6S/c1-18(11-4-2-5-12(8-11)23(28)29)15(25)22(17(27)21-18)10-14(24)20-16(26)19-9-13-6-3-7-30-13/h2-8H,9-10H2,1H3,(H,21,27)(H2,19,20,24,26). The molecule has 11 nitrogen and oxygen atoms in total. The number of hydrogen-bond acceptors (Lipinski definition) is 7. The molecule has 1 aromatic carbocycles. The summed E-state index contributed by atoms with van der Waals surface area (Å²) in [5.74, 6) is -1.62. The van der Waals surface area contributed by atoms with Gasteiger partial charge in [-0.2, -0.15) is 0 Å². The Balaban J connectivity index is 1.64. The Kier molecular flexibility index (Phi) is 5.78. The lowest BCUT2D eigenvalue weighted by Crippen LogP contribution is -2.46. The highest BCUT2D eigenvalue weighted by molar-refractivity contribution is 7.09. The highest BCUT2D eigenvalue weighted by Gasteiger charge is 2.49. The minimum Gasteiger partial charge on any atom is -0.333 e. The third kappa shape index (κ3) is 4.27. The van der Waals surface area contributed by atoms with Gasteiger partial charge in [-0.05, 0) is 23.9 Å². The molecule has 2 aromatic rings. The van der Waals surface area contributed by atoms with E-state index in [1.165, 1.54) is 42.5 Å². The van der Waals surface area contributed by atoms with Crippen molar-refractivity contribution >= 4 is 40.9 Å². The molecule has 0 spiro atoms. The molecule has 1 unspecified atom stereocenters. The Hall–Kier alpha value is -3.80. The summed E-state index contributed by atoms with van der Waals surface area (Å²) in [4.78, 5) is 61.0. The lowest BCUT2D eigenvalue weighted by molar-refractivity contribution is -0.385. The molecule has 1 aliphatic rings. The predicted molar refractivity (Wildman–Crippen MR) is 105 cm³/mol. The molecule has 30 heavy (non-hydrogen) atoms. The largest absolute Gasteiger partial charge is 0.333 e. The number of imide groups is 2. The maximum atomic E-state index is 12.8. The van der Waals surface area contributed by atoms with Gasteiger partial charge in [0, 0.05) is 17.0 Å². The van der Waals surface area contributed by atoms with Gasteiger partial charge in [0.2, 0.25) is 5.91 Å². The van der Waals surface area contributed by atoms with E-state index in [-0.39, 0.29) is 17.8 Å². The Labute approximate surface area is 174 Å². The van der Waals surface area contributed by atoms with Gasteiger partial charge in [0.05, 0.1) is 11.5 Å². The van der Waals surface area contributed by atoms with Gasteiger partial charge in [0.15, 0.2) is 0 Å². The molecule has 3 rings (SSSR count). The summed E-state index contributed by atoms with van der Waals surface area (Å²) in [5, 5.41) is 19.8. The van der Waals surface area contributed by atoms with Crippen molar-refractivity contribution in [1.82, 2.24) is 20.9 Å². The lowest BCUT2D eigenvalue weighted by Gasteiger charge is -2.21. The number of carbonyl (C=O) groups excluding carboxylic acids is 4. The van der Waals surface area contributed by atoms with Crippen molar-refractivity contribution in [3.05, 3.63) is 62.3 Å². The number of nitro groups is 1. The monoisotopic (exact) mass is 431 g/mol. The van der Waals surface area contributed by atoms with E-state index in [2.05, 4.69) is 16.0 Å². The minimum atomic E-state index is -1.58. The van der Waals surface area contributed by atoms with E-state index in [1.807, 2.05) is 17.5 Å². The van der Waals surface area contributed by atoms with Gasteiger partial charge in [-0.15, -0.1) is 11.3 Å². The maximum Gasteiger partial charge on any atom is 0.325 e. The van der Waals surface area contributed by atoms with E-state index in [0.29, 0.717) is 4.90 Å². The van der Waals surface area contributed by atoms with E-state index < -0.39 is 40.9 Å². The van der Waals surface area contributed by atoms with Crippen LogP contribution in [0.25, 0.3) is 0 Å². The molecule has 0 aliphatic carbocycles. The van der Waals surface area contributed by atoms with E-state index in [9.17, 15) is 29.3 Å². The number of urea groups is 2. The molecule has 0 radical (unpaired) electrons. The van der Waals surface area contributed by atoms with Crippen LogP contribution in [0, 0.1) is 10.1 Å². The molecule has 0 saturated carbocycles. The molecule has 6 amide bonds. The zero-order chi connectivity index (χ0) is 21.9. The molecular formula is C18H17N5O6S. The van der Waals surface area contributed by atoms with Crippen LogP contribution < -0.4 is 16.0 Å². The highest BCUT2D eigenvalue weighted by Crippen LogP contribution is 2.30. The highest BCUT2D eigenvalue weighted by atomic mass is 32.1. The average Bonchev–Trinajstić information content (AvgIpc) is 3.30. The molecule has 156 valence electrons. The Morgan fingerprint density at radius 1 is 1.27 bits per heavy atom. The van der Waals surface area contributed by atoms with E-state index in [4.69, 9.17) is 0 Å². The minimum absolute atomic E-state index is 0.201. The van der Waals surface area contributed by atoms with Crippen molar-refractivity contribution in [3.8, 4) is 0 Å². The molecule has 3 N–H and O–H groups in total. The summed E-state index contributed by atoms with van der Waals surface area (Å²) in [6, 6.07) is 7.33. The summed E-state index contributed by atoms with van der Waals surface area (Å²) < 4.78 is 0. The smallest absolute Gasteiger partial charge is 0.325 e. The molecular weight excluding hydrogens is 414 g/mol. The van der Waals surface area contributed by atoms with Crippen LogP contribution >= 0.6 is 11.3 Å². The third-order valence-corrected chi connectivity index (χ3v) is 5.34. The number of amides is 6. The Morgan fingerprint density at radius 3 is 2.70 bits per heavy atom. The van der Waals surface area contributed by atoms with Crippen molar-refractivity contribution in [2.75, 3.05) is 6.54 Å². The normalized spacial score (nSPS) is 18.1.